The number of rotatable bonds is 2. The Morgan fingerprint density at radius 2 is 2.47 bits per heavy atom. The second-order valence-electron chi connectivity index (χ2n) is 3.68. The molecule has 0 radical (unpaired) electrons. The summed E-state index contributed by atoms with van der Waals surface area (Å²) >= 11 is 0. The number of hydrogen-bond donors (Lipinski definition) is 0. The number of ether oxygens (including phenoxy) is 1. The molecule has 1 saturated heterocycles. The van der Waals surface area contributed by atoms with E-state index in [1.165, 1.54) is 7.11 Å². The minimum atomic E-state index is -0.162. The van der Waals surface area contributed by atoms with Crippen molar-refractivity contribution in [1.82, 2.24) is 4.98 Å². The maximum absolute atomic E-state index is 11.4. The lowest BCUT2D eigenvalue weighted by molar-refractivity contribution is -0.143. The number of hydrogen-bond acceptors (Lipinski definition) is 4. The molecule has 4 nitrogen and oxygen atoms in total. The van der Waals surface area contributed by atoms with Gasteiger partial charge in [-0.2, -0.15) is 0 Å². The first-order valence-corrected chi connectivity index (χ1v) is 4.99. The fourth-order valence-corrected chi connectivity index (χ4v) is 1.81. The normalized spacial score (nSPS) is 19.6. The molecule has 1 aromatic rings. The highest BCUT2D eigenvalue weighted by atomic mass is 16.5. The quantitative estimate of drug-likeness (QED) is 0.680. The van der Waals surface area contributed by atoms with Gasteiger partial charge in [0.25, 0.3) is 0 Å². The summed E-state index contributed by atoms with van der Waals surface area (Å²) in [6, 6.07) is 1.82. The van der Waals surface area contributed by atoms with E-state index in [0.717, 1.165) is 24.2 Å². The molecular formula is C11H14N2O2. The number of anilines is 1. The summed E-state index contributed by atoms with van der Waals surface area (Å²) in [6.45, 7) is 2.91. The van der Waals surface area contributed by atoms with Gasteiger partial charge >= 0.3 is 5.97 Å². The van der Waals surface area contributed by atoms with Gasteiger partial charge in [0.15, 0.2) is 0 Å². The zero-order valence-corrected chi connectivity index (χ0v) is 8.93. The molecule has 0 aliphatic carbocycles. The molecule has 1 aliphatic heterocycles. The van der Waals surface area contributed by atoms with Gasteiger partial charge in [0, 0.05) is 12.7 Å². The Morgan fingerprint density at radius 1 is 1.67 bits per heavy atom. The van der Waals surface area contributed by atoms with E-state index in [1.54, 1.807) is 12.4 Å². The minimum Gasteiger partial charge on any atom is -0.467 e. The van der Waals surface area contributed by atoms with Crippen LogP contribution in [0.4, 0.5) is 5.69 Å². The molecular weight excluding hydrogens is 192 g/mol. The lowest BCUT2D eigenvalue weighted by Crippen LogP contribution is -2.53. The van der Waals surface area contributed by atoms with Crippen molar-refractivity contribution in [3.8, 4) is 0 Å². The number of methoxy groups -OCH3 is 1. The fourth-order valence-electron chi connectivity index (χ4n) is 1.81. The Bertz CT molecular complexity index is 379. The molecule has 1 unspecified atom stereocenters. The number of carbonyl (C=O) groups is 1. The molecule has 0 N–H and O–H groups in total. The predicted molar refractivity (Wildman–Crippen MR) is 56.7 cm³/mol. The smallest absolute Gasteiger partial charge is 0.328 e. The molecule has 0 aromatic carbocycles. The Hall–Kier alpha value is -1.58. The monoisotopic (exact) mass is 206 g/mol. The van der Waals surface area contributed by atoms with Gasteiger partial charge in [-0.15, -0.1) is 0 Å². The number of aromatic nitrogens is 1. The Kier molecular flexibility index (Phi) is 2.58. The summed E-state index contributed by atoms with van der Waals surface area (Å²) in [7, 11) is 1.43. The number of carbonyl (C=O) groups excluding carboxylic acids is 1. The topological polar surface area (TPSA) is 42.4 Å². The first kappa shape index (κ1) is 9.96. The average molecular weight is 206 g/mol. The largest absolute Gasteiger partial charge is 0.467 e. The minimum absolute atomic E-state index is 0.127. The zero-order valence-electron chi connectivity index (χ0n) is 8.93. The van der Waals surface area contributed by atoms with Crippen molar-refractivity contribution in [3.63, 3.8) is 0 Å². The summed E-state index contributed by atoms with van der Waals surface area (Å²) in [5, 5.41) is 0. The molecule has 1 aromatic heterocycles. The number of esters is 1. The van der Waals surface area contributed by atoms with Crippen LogP contribution in [0.3, 0.4) is 0 Å². The maximum atomic E-state index is 11.4. The highest BCUT2D eigenvalue weighted by Crippen LogP contribution is 2.28. The van der Waals surface area contributed by atoms with Gasteiger partial charge in [0.05, 0.1) is 19.0 Å². The summed E-state index contributed by atoms with van der Waals surface area (Å²) in [4.78, 5) is 17.5. The lowest BCUT2D eigenvalue weighted by Gasteiger charge is -2.41. The molecule has 15 heavy (non-hydrogen) atoms. The van der Waals surface area contributed by atoms with E-state index in [0.29, 0.717) is 0 Å². The van der Waals surface area contributed by atoms with Crippen LogP contribution in [0, 0.1) is 6.92 Å². The molecule has 1 atom stereocenters. The van der Waals surface area contributed by atoms with E-state index >= 15 is 0 Å². The van der Waals surface area contributed by atoms with Gasteiger partial charge in [-0.25, -0.2) is 4.79 Å². The predicted octanol–water partition coefficient (Wildman–Crippen LogP) is 1.14. The first-order chi connectivity index (χ1) is 7.24. The molecule has 4 heteroatoms. The van der Waals surface area contributed by atoms with Crippen molar-refractivity contribution in [2.75, 3.05) is 18.6 Å². The van der Waals surface area contributed by atoms with E-state index in [9.17, 15) is 4.79 Å². The Morgan fingerprint density at radius 3 is 3.00 bits per heavy atom. The van der Waals surface area contributed by atoms with Gasteiger partial charge in [0.1, 0.15) is 6.04 Å². The summed E-state index contributed by atoms with van der Waals surface area (Å²) in [6.07, 6.45) is 4.41. The number of nitrogens with zero attached hydrogens (tertiary/aromatic N) is 2. The SMILES string of the molecule is COC(=O)C1CCN1c1cnccc1C. The van der Waals surface area contributed by atoms with Gasteiger partial charge in [-0.3, -0.25) is 4.98 Å². The molecule has 0 saturated carbocycles. The van der Waals surface area contributed by atoms with E-state index in [1.807, 2.05) is 17.9 Å². The maximum Gasteiger partial charge on any atom is 0.328 e. The van der Waals surface area contributed by atoms with Gasteiger partial charge in [-0.05, 0) is 25.0 Å². The van der Waals surface area contributed by atoms with Crippen LogP contribution in [0.5, 0.6) is 0 Å². The highest BCUT2D eigenvalue weighted by Gasteiger charge is 2.35. The van der Waals surface area contributed by atoms with Crippen LogP contribution in [0.1, 0.15) is 12.0 Å². The standard InChI is InChI=1S/C11H14N2O2/c1-8-3-5-12-7-10(8)13-6-4-9(13)11(14)15-2/h3,5,7,9H,4,6H2,1-2H3. The molecule has 0 bridgehead atoms. The van der Waals surface area contributed by atoms with Crippen LogP contribution in [0.15, 0.2) is 18.5 Å². The average Bonchev–Trinajstić information content (AvgIpc) is 2.19. The van der Waals surface area contributed by atoms with Crippen molar-refractivity contribution in [1.29, 1.82) is 0 Å². The van der Waals surface area contributed by atoms with Crippen molar-refractivity contribution >= 4 is 11.7 Å². The van der Waals surface area contributed by atoms with Crippen molar-refractivity contribution in [2.45, 2.75) is 19.4 Å². The van der Waals surface area contributed by atoms with Crippen LogP contribution >= 0.6 is 0 Å². The van der Waals surface area contributed by atoms with E-state index in [-0.39, 0.29) is 12.0 Å². The third-order valence-electron chi connectivity index (χ3n) is 2.81. The molecule has 1 fully saturated rings. The second kappa shape index (κ2) is 3.88. The first-order valence-electron chi connectivity index (χ1n) is 4.99. The van der Waals surface area contributed by atoms with Crippen LogP contribution in [-0.2, 0) is 9.53 Å². The molecule has 2 rings (SSSR count). The van der Waals surface area contributed by atoms with Gasteiger partial charge in [-0.1, -0.05) is 0 Å². The van der Waals surface area contributed by atoms with Crippen LogP contribution in [-0.4, -0.2) is 30.6 Å². The van der Waals surface area contributed by atoms with Crippen molar-refractivity contribution in [2.24, 2.45) is 0 Å². The second-order valence-corrected chi connectivity index (χ2v) is 3.68. The molecule has 0 amide bonds. The fraction of sp³-hybridized carbons (Fsp3) is 0.455. The van der Waals surface area contributed by atoms with E-state index in [2.05, 4.69) is 4.98 Å². The van der Waals surface area contributed by atoms with Gasteiger partial charge < -0.3 is 9.64 Å². The van der Waals surface area contributed by atoms with Crippen LogP contribution in [0.25, 0.3) is 0 Å². The highest BCUT2D eigenvalue weighted by molar-refractivity contribution is 5.82. The van der Waals surface area contributed by atoms with E-state index < -0.39 is 0 Å². The third kappa shape index (κ3) is 1.67. The summed E-state index contributed by atoms with van der Waals surface area (Å²) in [5.41, 5.74) is 2.16. The van der Waals surface area contributed by atoms with Crippen LogP contribution in [0.2, 0.25) is 0 Å². The third-order valence-corrected chi connectivity index (χ3v) is 2.81. The summed E-state index contributed by atoms with van der Waals surface area (Å²) in [5.74, 6) is -0.162. The van der Waals surface area contributed by atoms with Crippen molar-refractivity contribution < 1.29 is 9.53 Å². The number of aryl methyl sites for hydroxylation is 1. The lowest BCUT2D eigenvalue weighted by atomic mass is 10.0. The Labute approximate surface area is 88.9 Å². The van der Waals surface area contributed by atoms with Crippen LogP contribution < -0.4 is 4.90 Å². The Balaban J connectivity index is 2.19. The van der Waals surface area contributed by atoms with Crippen molar-refractivity contribution in [3.05, 3.63) is 24.0 Å². The molecule has 2 heterocycles. The number of pyridine rings is 1. The molecule has 0 spiro atoms. The van der Waals surface area contributed by atoms with E-state index in [4.69, 9.17) is 4.74 Å². The zero-order chi connectivity index (χ0) is 10.8. The molecule has 80 valence electrons. The summed E-state index contributed by atoms with van der Waals surface area (Å²) < 4.78 is 4.74. The molecule has 1 aliphatic rings. The van der Waals surface area contributed by atoms with Gasteiger partial charge in [0.2, 0.25) is 0 Å².